The number of sulfonamides is 1. The lowest BCUT2D eigenvalue weighted by Gasteiger charge is -2.12. The molecule has 0 aliphatic rings. The number of nitrogens with two attached hydrogens (primary N) is 1. The molecule has 110 valence electrons. The minimum atomic E-state index is -3.74. The first-order chi connectivity index (χ1) is 9.79. The summed E-state index contributed by atoms with van der Waals surface area (Å²) in [5.74, 6) is 0. The Kier molecular flexibility index (Phi) is 4.88. The first-order valence-electron chi connectivity index (χ1n) is 5.67. The van der Waals surface area contributed by atoms with Crippen LogP contribution < -0.4 is 10.5 Å². The molecule has 0 atom stereocenters. The van der Waals surface area contributed by atoms with Crippen LogP contribution in [0.2, 0.25) is 5.02 Å². The van der Waals surface area contributed by atoms with Crippen LogP contribution in [0.4, 0.5) is 5.69 Å². The fourth-order valence-corrected chi connectivity index (χ4v) is 3.36. The van der Waals surface area contributed by atoms with Gasteiger partial charge in [-0.05, 0) is 42.5 Å². The van der Waals surface area contributed by atoms with Gasteiger partial charge < -0.3 is 5.73 Å². The van der Waals surface area contributed by atoms with Gasteiger partial charge in [-0.15, -0.1) is 0 Å². The van der Waals surface area contributed by atoms with E-state index in [-0.39, 0.29) is 9.88 Å². The zero-order valence-corrected chi connectivity index (χ0v) is 14.5. The van der Waals surface area contributed by atoms with Crippen LogP contribution in [0.25, 0.3) is 0 Å². The zero-order valence-electron chi connectivity index (χ0n) is 10.5. The molecule has 0 aliphatic heterocycles. The highest BCUT2D eigenvalue weighted by Crippen LogP contribution is 2.24. The molecule has 0 bridgehead atoms. The van der Waals surface area contributed by atoms with Crippen molar-refractivity contribution in [3.8, 4) is 0 Å². The van der Waals surface area contributed by atoms with Gasteiger partial charge in [-0.1, -0.05) is 39.7 Å². The lowest BCUT2D eigenvalue weighted by Crippen LogP contribution is -2.18. The van der Waals surface area contributed by atoms with Crippen molar-refractivity contribution < 1.29 is 8.42 Å². The Morgan fingerprint density at radius 2 is 1.81 bits per heavy atom. The molecule has 2 rings (SSSR count). The number of hydrogen-bond donors (Lipinski definition) is 2. The minimum absolute atomic E-state index is 0.101. The smallest absolute Gasteiger partial charge is 0.261 e. The van der Waals surface area contributed by atoms with Crippen molar-refractivity contribution in [2.24, 2.45) is 5.73 Å². The van der Waals surface area contributed by atoms with Crippen molar-refractivity contribution in [1.82, 2.24) is 0 Å². The molecule has 0 saturated carbocycles. The first kappa shape index (κ1) is 16.2. The maximum Gasteiger partial charge on any atom is 0.261 e. The summed E-state index contributed by atoms with van der Waals surface area (Å²) in [7, 11) is -3.74. The first-order valence-corrected chi connectivity index (χ1v) is 8.73. The normalized spacial score (nSPS) is 11.1. The summed E-state index contributed by atoms with van der Waals surface area (Å²) in [5.41, 5.74) is 6.38. The second-order valence-electron chi connectivity index (χ2n) is 4.11. The Balaban J connectivity index is 2.41. The van der Waals surface area contributed by atoms with Crippen molar-refractivity contribution in [1.29, 1.82) is 0 Å². The molecule has 0 radical (unpaired) electrons. The van der Waals surface area contributed by atoms with E-state index in [1.807, 2.05) is 0 Å². The molecule has 3 N–H and O–H groups in total. The molecule has 0 aliphatic carbocycles. The monoisotopic (exact) mass is 404 g/mol. The molecule has 0 unspecified atom stereocenters. The summed E-state index contributed by atoms with van der Waals surface area (Å²) >= 11 is 14.0. The van der Waals surface area contributed by atoms with Crippen LogP contribution in [0.5, 0.6) is 0 Å². The maximum absolute atomic E-state index is 12.3. The lowest BCUT2D eigenvalue weighted by molar-refractivity contribution is 0.601. The van der Waals surface area contributed by atoms with Crippen molar-refractivity contribution in [2.45, 2.75) is 4.90 Å². The highest BCUT2D eigenvalue weighted by atomic mass is 79.9. The number of thiocarbonyl (C=S) groups is 1. The van der Waals surface area contributed by atoms with Gasteiger partial charge in [-0.3, -0.25) is 4.72 Å². The third-order valence-corrected chi connectivity index (χ3v) is 4.96. The second kappa shape index (κ2) is 6.31. The van der Waals surface area contributed by atoms with Crippen molar-refractivity contribution in [3.63, 3.8) is 0 Å². The number of benzene rings is 2. The highest BCUT2D eigenvalue weighted by molar-refractivity contribution is 9.10. The van der Waals surface area contributed by atoms with Crippen LogP contribution in [-0.4, -0.2) is 13.4 Å². The topological polar surface area (TPSA) is 72.2 Å². The molecule has 2 aromatic rings. The van der Waals surface area contributed by atoms with Crippen LogP contribution in [0.1, 0.15) is 5.56 Å². The van der Waals surface area contributed by atoms with Crippen molar-refractivity contribution in [3.05, 3.63) is 57.5 Å². The Morgan fingerprint density at radius 3 is 2.38 bits per heavy atom. The summed E-state index contributed by atoms with van der Waals surface area (Å²) in [5, 5.41) is 0.460. The van der Waals surface area contributed by atoms with Gasteiger partial charge in [-0.25, -0.2) is 8.42 Å². The van der Waals surface area contributed by atoms with Crippen LogP contribution in [0.3, 0.4) is 0 Å². The molecule has 2 aromatic carbocycles. The summed E-state index contributed by atoms with van der Waals surface area (Å²) in [6.45, 7) is 0. The zero-order chi connectivity index (χ0) is 15.6. The number of anilines is 1. The molecule has 0 fully saturated rings. The molecule has 0 spiro atoms. The number of halogens is 2. The summed E-state index contributed by atoms with van der Waals surface area (Å²) in [6.07, 6.45) is 0. The summed E-state index contributed by atoms with van der Waals surface area (Å²) < 4.78 is 27.9. The Morgan fingerprint density at radius 1 is 1.19 bits per heavy atom. The van der Waals surface area contributed by atoms with E-state index in [0.29, 0.717) is 16.3 Å². The number of rotatable bonds is 4. The molecule has 0 aromatic heterocycles. The minimum Gasteiger partial charge on any atom is -0.389 e. The van der Waals surface area contributed by atoms with E-state index < -0.39 is 10.0 Å². The SMILES string of the molecule is NC(=S)c1cc(Br)ccc1NS(=O)(=O)c1ccc(Cl)cc1. The molecule has 21 heavy (non-hydrogen) atoms. The molecule has 4 nitrogen and oxygen atoms in total. The van der Waals surface area contributed by atoms with Crippen LogP contribution in [-0.2, 0) is 10.0 Å². The second-order valence-corrected chi connectivity index (χ2v) is 7.59. The van der Waals surface area contributed by atoms with E-state index in [2.05, 4.69) is 20.7 Å². The molecular formula is C13H10BrClN2O2S2. The van der Waals surface area contributed by atoms with E-state index in [0.717, 1.165) is 4.47 Å². The largest absolute Gasteiger partial charge is 0.389 e. The fourth-order valence-electron chi connectivity index (χ4n) is 1.63. The third-order valence-electron chi connectivity index (χ3n) is 2.62. The van der Waals surface area contributed by atoms with Crippen LogP contribution in [0, 0.1) is 0 Å². The van der Waals surface area contributed by atoms with Gasteiger partial charge in [0.05, 0.1) is 10.6 Å². The average molecular weight is 406 g/mol. The van der Waals surface area contributed by atoms with E-state index in [1.165, 1.54) is 24.3 Å². The molecule has 0 saturated heterocycles. The van der Waals surface area contributed by atoms with Gasteiger partial charge in [-0.2, -0.15) is 0 Å². The van der Waals surface area contributed by atoms with E-state index in [1.54, 1.807) is 18.2 Å². The predicted octanol–water partition coefficient (Wildman–Crippen LogP) is 3.54. The van der Waals surface area contributed by atoms with E-state index in [9.17, 15) is 8.42 Å². The Hall–Kier alpha value is -1.15. The van der Waals surface area contributed by atoms with Gasteiger partial charge in [0.1, 0.15) is 4.99 Å². The van der Waals surface area contributed by atoms with Crippen LogP contribution in [0.15, 0.2) is 51.8 Å². The van der Waals surface area contributed by atoms with E-state index >= 15 is 0 Å². The number of hydrogen-bond acceptors (Lipinski definition) is 3. The standard InChI is InChI=1S/C13H10BrClN2O2S2/c14-8-1-6-12(11(7-8)13(16)20)17-21(18,19)10-4-2-9(15)3-5-10/h1-7,17H,(H2,16,20). The van der Waals surface area contributed by atoms with Gasteiger partial charge in [0.2, 0.25) is 0 Å². The van der Waals surface area contributed by atoms with Gasteiger partial charge >= 0.3 is 0 Å². The maximum atomic E-state index is 12.3. The molecule has 0 heterocycles. The predicted molar refractivity (Wildman–Crippen MR) is 92.3 cm³/mol. The highest BCUT2D eigenvalue weighted by Gasteiger charge is 2.17. The van der Waals surface area contributed by atoms with Crippen molar-refractivity contribution in [2.75, 3.05) is 4.72 Å². The average Bonchev–Trinajstić information content (AvgIpc) is 2.41. The van der Waals surface area contributed by atoms with Gasteiger partial charge in [0.25, 0.3) is 10.0 Å². The van der Waals surface area contributed by atoms with E-state index in [4.69, 9.17) is 29.6 Å². The number of nitrogens with one attached hydrogen (secondary N) is 1. The fraction of sp³-hybridized carbons (Fsp3) is 0. The Bertz CT molecular complexity index is 792. The third kappa shape index (κ3) is 3.94. The lowest BCUT2D eigenvalue weighted by atomic mass is 10.2. The molecule has 0 amide bonds. The van der Waals surface area contributed by atoms with Crippen molar-refractivity contribution >= 4 is 60.4 Å². The van der Waals surface area contributed by atoms with Crippen LogP contribution >= 0.6 is 39.7 Å². The molecular weight excluding hydrogens is 396 g/mol. The summed E-state index contributed by atoms with van der Waals surface area (Å²) in [4.78, 5) is 0.203. The van der Waals surface area contributed by atoms with Gasteiger partial charge in [0.15, 0.2) is 0 Å². The molecule has 8 heteroatoms. The van der Waals surface area contributed by atoms with Gasteiger partial charge in [0, 0.05) is 15.1 Å². The Labute approximate surface area is 141 Å². The quantitative estimate of drug-likeness (QED) is 0.763. The summed E-state index contributed by atoms with van der Waals surface area (Å²) in [6, 6.07) is 10.8.